The fourth-order valence-electron chi connectivity index (χ4n) is 3.64. The molecule has 3 rings (SSSR count). The van der Waals surface area contributed by atoms with Crippen molar-refractivity contribution < 1.29 is 9.59 Å². The molecule has 2 aromatic carbocycles. The maximum atomic E-state index is 12.4. The standard InChI is InChI=1S/C23H27ClN2O2/c1-17-5-2-3-6-21(17)23(28)25-20-12-15-26(16-13-20)14-4-7-22(27)18-8-10-19(24)11-9-18/h2-3,5-6,8-11,20H,4,7,12-16H2,1H3,(H,25,28). The SMILES string of the molecule is Cc1ccccc1C(=O)NC1CCN(CCCC(=O)c2ccc(Cl)cc2)CC1. The van der Waals surface area contributed by atoms with E-state index in [0.717, 1.165) is 55.6 Å². The smallest absolute Gasteiger partial charge is 0.251 e. The minimum absolute atomic E-state index is 0.0186. The molecule has 0 radical (unpaired) electrons. The summed E-state index contributed by atoms with van der Waals surface area (Å²) >= 11 is 5.86. The average Bonchev–Trinajstić information content (AvgIpc) is 2.70. The average molecular weight is 399 g/mol. The van der Waals surface area contributed by atoms with Crippen LogP contribution in [0.1, 0.15) is 52.0 Å². The van der Waals surface area contributed by atoms with Crippen LogP contribution < -0.4 is 5.32 Å². The van der Waals surface area contributed by atoms with Gasteiger partial charge in [-0.2, -0.15) is 0 Å². The summed E-state index contributed by atoms with van der Waals surface area (Å²) in [6.07, 6.45) is 3.29. The number of halogens is 1. The minimum Gasteiger partial charge on any atom is -0.349 e. The van der Waals surface area contributed by atoms with E-state index in [9.17, 15) is 9.59 Å². The lowest BCUT2D eigenvalue weighted by atomic mass is 10.0. The molecular formula is C23H27ClN2O2. The fraction of sp³-hybridized carbons (Fsp3) is 0.391. The maximum Gasteiger partial charge on any atom is 0.251 e. The molecular weight excluding hydrogens is 372 g/mol. The summed E-state index contributed by atoms with van der Waals surface area (Å²) in [6, 6.07) is 15.0. The number of carbonyl (C=O) groups is 2. The number of hydrogen-bond donors (Lipinski definition) is 1. The zero-order valence-corrected chi connectivity index (χ0v) is 17.0. The molecule has 1 N–H and O–H groups in total. The van der Waals surface area contributed by atoms with Gasteiger partial charge in [0.1, 0.15) is 0 Å². The molecule has 4 nitrogen and oxygen atoms in total. The molecule has 148 valence electrons. The van der Waals surface area contributed by atoms with Crippen molar-refractivity contribution in [2.24, 2.45) is 0 Å². The van der Waals surface area contributed by atoms with Gasteiger partial charge in [0.15, 0.2) is 5.78 Å². The van der Waals surface area contributed by atoms with Crippen LogP contribution in [0.4, 0.5) is 0 Å². The monoisotopic (exact) mass is 398 g/mol. The molecule has 1 fully saturated rings. The molecule has 0 saturated carbocycles. The van der Waals surface area contributed by atoms with Gasteiger partial charge in [-0.1, -0.05) is 29.8 Å². The van der Waals surface area contributed by atoms with Crippen LogP contribution in [0.15, 0.2) is 48.5 Å². The van der Waals surface area contributed by atoms with Crippen LogP contribution in [-0.2, 0) is 0 Å². The molecule has 0 atom stereocenters. The second-order valence-corrected chi connectivity index (χ2v) is 7.87. The van der Waals surface area contributed by atoms with Crippen LogP contribution in [-0.4, -0.2) is 42.3 Å². The molecule has 1 amide bonds. The number of carbonyl (C=O) groups excluding carboxylic acids is 2. The van der Waals surface area contributed by atoms with Crippen molar-refractivity contribution in [3.05, 3.63) is 70.2 Å². The Morgan fingerprint density at radius 3 is 2.43 bits per heavy atom. The summed E-state index contributed by atoms with van der Waals surface area (Å²) in [7, 11) is 0. The lowest BCUT2D eigenvalue weighted by Gasteiger charge is -2.32. The Morgan fingerprint density at radius 1 is 1.07 bits per heavy atom. The van der Waals surface area contributed by atoms with E-state index < -0.39 is 0 Å². The molecule has 5 heteroatoms. The number of Topliss-reactive ketones (excluding diaryl/α,β-unsaturated/α-hetero) is 1. The lowest BCUT2D eigenvalue weighted by molar-refractivity contribution is 0.0902. The topological polar surface area (TPSA) is 49.4 Å². The zero-order valence-electron chi connectivity index (χ0n) is 16.3. The van der Waals surface area contributed by atoms with Gasteiger partial charge in [0, 0.05) is 41.7 Å². The van der Waals surface area contributed by atoms with Crippen molar-refractivity contribution in [1.82, 2.24) is 10.2 Å². The Hall–Kier alpha value is -2.17. The van der Waals surface area contributed by atoms with E-state index in [2.05, 4.69) is 10.2 Å². The normalized spacial score (nSPS) is 15.4. The molecule has 1 aliphatic heterocycles. The lowest BCUT2D eigenvalue weighted by Crippen LogP contribution is -2.45. The predicted octanol–water partition coefficient (Wildman–Crippen LogP) is 4.51. The summed E-state index contributed by atoms with van der Waals surface area (Å²) in [5.41, 5.74) is 2.48. The van der Waals surface area contributed by atoms with E-state index >= 15 is 0 Å². The Balaban J connectivity index is 1.37. The molecule has 0 unspecified atom stereocenters. The first-order chi connectivity index (χ1) is 13.5. The maximum absolute atomic E-state index is 12.4. The second kappa shape index (κ2) is 9.85. The van der Waals surface area contributed by atoms with E-state index in [1.165, 1.54) is 0 Å². The van der Waals surface area contributed by atoms with Gasteiger partial charge in [0.2, 0.25) is 0 Å². The van der Waals surface area contributed by atoms with Gasteiger partial charge < -0.3 is 10.2 Å². The highest BCUT2D eigenvalue weighted by atomic mass is 35.5. The predicted molar refractivity (Wildman–Crippen MR) is 113 cm³/mol. The van der Waals surface area contributed by atoms with Gasteiger partial charge in [-0.15, -0.1) is 0 Å². The number of amides is 1. The van der Waals surface area contributed by atoms with Crippen LogP contribution in [0.5, 0.6) is 0 Å². The van der Waals surface area contributed by atoms with Crippen LogP contribution in [0.25, 0.3) is 0 Å². The van der Waals surface area contributed by atoms with Crippen molar-refractivity contribution in [2.75, 3.05) is 19.6 Å². The molecule has 1 saturated heterocycles. The number of piperidine rings is 1. The largest absolute Gasteiger partial charge is 0.349 e. The molecule has 0 spiro atoms. The van der Waals surface area contributed by atoms with Gasteiger partial charge >= 0.3 is 0 Å². The zero-order chi connectivity index (χ0) is 19.9. The molecule has 0 bridgehead atoms. The quantitative estimate of drug-likeness (QED) is 0.698. The van der Waals surface area contributed by atoms with Crippen molar-refractivity contribution >= 4 is 23.3 Å². The Kier molecular flexibility index (Phi) is 7.24. The van der Waals surface area contributed by atoms with Gasteiger partial charge in [-0.25, -0.2) is 0 Å². The highest BCUT2D eigenvalue weighted by Crippen LogP contribution is 2.15. The van der Waals surface area contributed by atoms with Crippen molar-refractivity contribution in [3.63, 3.8) is 0 Å². The number of hydrogen-bond acceptors (Lipinski definition) is 3. The molecule has 0 aromatic heterocycles. The van der Waals surface area contributed by atoms with E-state index in [0.29, 0.717) is 11.4 Å². The summed E-state index contributed by atoms with van der Waals surface area (Å²) in [4.78, 5) is 27.1. The minimum atomic E-state index is 0.0186. The van der Waals surface area contributed by atoms with Crippen LogP contribution in [0, 0.1) is 6.92 Å². The van der Waals surface area contributed by atoms with Crippen molar-refractivity contribution in [3.8, 4) is 0 Å². The number of nitrogens with zero attached hydrogens (tertiary/aromatic N) is 1. The molecule has 1 heterocycles. The van der Waals surface area contributed by atoms with Gasteiger partial charge in [-0.05, 0) is 68.6 Å². The number of nitrogens with one attached hydrogen (secondary N) is 1. The summed E-state index contributed by atoms with van der Waals surface area (Å²) in [5.74, 6) is 0.183. The first-order valence-corrected chi connectivity index (χ1v) is 10.3. The summed E-state index contributed by atoms with van der Waals surface area (Å²) in [5, 5.41) is 3.81. The van der Waals surface area contributed by atoms with Crippen LogP contribution >= 0.6 is 11.6 Å². The first kappa shape index (κ1) is 20.6. The van der Waals surface area contributed by atoms with Crippen molar-refractivity contribution in [2.45, 2.75) is 38.6 Å². The van der Waals surface area contributed by atoms with Crippen molar-refractivity contribution in [1.29, 1.82) is 0 Å². The van der Waals surface area contributed by atoms with Gasteiger partial charge in [-0.3, -0.25) is 9.59 Å². The highest BCUT2D eigenvalue weighted by Gasteiger charge is 2.21. The molecule has 0 aliphatic carbocycles. The number of likely N-dealkylation sites (tertiary alicyclic amines) is 1. The van der Waals surface area contributed by atoms with Gasteiger partial charge in [0.05, 0.1) is 0 Å². The third-order valence-corrected chi connectivity index (χ3v) is 5.61. The van der Waals surface area contributed by atoms with E-state index in [-0.39, 0.29) is 17.7 Å². The Labute approximate surface area is 171 Å². The third kappa shape index (κ3) is 5.66. The summed E-state index contributed by atoms with van der Waals surface area (Å²) in [6.45, 7) is 4.78. The number of rotatable bonds is 7. The van der Waals surface area contributed by atoms with E-state index in [1.807, 2.05) is 31.2 Å². The number of ketones is 1. The number of aryl methyl sites for hydroxylation is 1. The van der Waals surface area contributed by atoms with Crippen LogP contribution in [0.3, 0.4) is 0 Å². The molecule has 28 heavy (non-hydrogen) atoms. The van der Waals surface area contributed by atoms with Gasteiger partial charge in [0.25, 0.3) is 5.91 Å². The molecule has 1 aliphatic rings. The van der Waals surface area contributed by atoms with Crippen LogP contribution in [0.2, 0.25) is 5.02 Å². The first-order valence-electron chi connectivity index (χ1n) is 9.90. The fourth-order valence-corrected chi connectivity index (χ4v) is 3.76. The highest BCUT2D eigenvalue weighted by molar-refractivity contribution is 6.30. The second-order valence-electron chi connectivity index (χ2n) is 7.44. The number of benzene rings is 2. The Bertz CT molecular complexity index is 812. The molecule has 2 aromatic rings. The van der Waals surface area contributed by atoms with E-state index in [1.54, 1.807) is 24.3 Å². The Morgan fingerprint density at radius 2 is 1.75 bits per heavy atom. The third-order valence-electron chi connectivity index (χ3n) is 5.36. The summed E-state index contributed by atoms with van der Waals surface area (Å²) < 4.78 is 0. The van der Waals surface area contributed by atoms with E-state index in [4.69, 9.17) is 11.6 Å².